The largest absolute Gasteiger partial charge is 0.313 e. The fourth-order valence-corrected chi connectivity index (χ4v) is 3.69. The molecule has 116 valence electrons. The normalized spacial score (nSPS) is 21.0. The Hall–Kier alpha value is -0.930. The zero-order chi connectivity index (χ0) is 14.5. The summed E-state index contributed by atoms with van der Waals surface area (Å²) in [6, 6.07) is 5.10. The van der Waals surface area contributed by atoms with E-state index in [0.717, 1.165) is 19.0 Å². The molecule has 0 spiro atoms. The summed E-state index contributed by atoms with van der Waals surface area (Å²) in [6.07, 6.45) is 13.4. The molecule has 3 heteroatoms. The van der Waals surface area contributed by atoms with Crippen molar-refractivity contribution < 1.29 is 0 Å². The number of hydrogen-bond donors (Lipinski definition) is 1. The van der Waals surface area contributed by atoms with Gasteiger partial charge in [0.2, 0.25) is 0 Å². The molecular weight excluding hydrogens is 258 g/mol. The van der Waals surface area contributed by atoms with E-state index in [1.54, 1.807) is 0 Å². The smallest absolute Gasteiger partial charge is 0.0270 e. The van der Waals surface area contributed by atoms with Crippen LogP contribution in [-0.2, 0) is 6.42 Å². The molecule has 1 N–H and O–H groups in total. The van der Waals surface area contributed by atoms with Crippen molar-refractivity contribution in [3.05, 3.63) is 30.1 Å². The molecule has 2 fully saturated rings. The average Bonchev–Trinajstić information content (AvgIpc) is 3.24. The van der Waals surface area contributed by atoms with Crippen LogP contribution in [0, 0.1) is 5.41 Å². The third-order valence-corrected chi connectivity index (χ3v) is 5.14. The number of likely N-dealkylation sites (N-methyl/N-ethyl adjacent to an activating group) is 1. The number of hydrogen-bond acceptors (Lipinski definition) is 3. The first kappa shape index (κ1) is 15.0. The van der Waals surface area contributed by atoms with Crippen LogP contribution in [0.2, 0.25) is 0 Å². The molecule has 21 heavy (non-hydrogen) atoms. The number of rotatable bonds is 8. The monoisotopic (exact) mass is 287 g/mol. The molecule has 0 atom stereocenters. The maximum absolute atomic E-state index is 4.09. The van der Waals surface area contributed by atoms with Crippen LogP contribution in [0.4, 0.5) is 0 Å². The first-order valence-electron chi connectivity index (χ1n) is 8.57. The maximum Gasteiger partial charge on any atom is 0.0270 e. The van der Waals surface area contributed by atoms with Crippen LogP contribution in [0.25, 0.3) is 0 Å². The predicted octanol–water partition coefficient (Wildman–Crippen LogP) is 2.87. The molecular formula is C18H29N3. The van der Waals surface area contributed by atoms with Gasteiger partial charge < -0.3 is 10.2 Å². The molecule has 2 saturated carbocycles. The zero-order valence-corrected chi connectivity index (χ0v) is 13.4. The molecule has 0 aliphatic heterocycles. The number of pyridine rings is 1. The van der Waals surface area contributed by atoms with E-state index in [1.165, 1.54) is 57.2 Å². The second-order valence-corrected chi connectivity index (χ2v) is 7.21. The Morgan fingerprint density at radius 2 is 1.95 bits per heavy atom. The summed E-state index contributed by atoms with van der Waals surface area (Å²) in [5, 5.41) is 3.78. The van der Waals surface area contributed by atoms with E-state index in [2.05, 4.69) is 34.4 Å². The van der Waals surface area contributed by atoms with Gasteiger partial charge >= 0.3 is 0 Å². The summed E-state index contributed by atoms with van der Waals surface area (Å²) in [5.74, 6) is 0. The van der Waals surface area contributed by atoms with E-state index < -0.39 is 0 Å². The first-order valence-corrected chi connectivity index (χ1v) is 8.57. The summed E-state index contributed by atoms with van der Waals surface area (Å²) >= 11 is 0. The molecule has 1 aromatic heterocycles. The average molecular weight is 287 g/mol. The number of nitrogens with one attached hydrogen (secondary N) is 1. The first-order chi connectivity index (χ1) is 10.3. The van der Waals surface area contributed by atoms with E-state index in [1.807, 2.05) is 12.4 Å². The van der Waals surface area contributed by atoms with Gasteiger partial charge in [-0.05, 0) is 62.3 Å². The standard InChI is InChI=1S/C18H29N3/c1-21(13-8-16-6-11-19-12-7-16)15-18(9-2-3-10-18)14-20-17-4-5-17/h6-7,11-12,17,20H,2-5,8-10,13-15H2,1H3. The Bertz CT molecular complexity index is 421. The van der Waals surface area contributed by atoms with Crippen LogP contribution >= 0.6 is 0 Å². The van der Waals surface area contributed by atoms with Crippen LogP contribution in [0.1, 0.15) is 44.1 Å². The Kier molecular flexibility index (Phi) is 4.91. The van der Waals surface area contributed by atoms with E-state index in [0.29, 0.717) is 5.41 Å². The second-order valence-electron chi connectivity index (χ2n) is 7.21. The molecule has 0 radical (unpaired) electrons. The van der Waals surface area contributed by atoms with E-state index >= 15 is 0 Å². The van der Waals surface area contributed by atoms with Crippen molar-refractivity contribution >= 4 is 0 Å². The van der Waals surface area contributed by atoms with Gasteiger partial charge in [-0.2, -0.15) is 0 Å². The predicted molar refractivity (Wildman–Crippen MR) is 87.4 cm³/mol. The summed E-state index contributed by atoms with van der Waals surface area (Å²) < 4.78 is 0. The lowest BCUT2D eigenvalue weighted by atomic mass is 9.85. The van der Waals surface area contributed by atoms with Gasteiger partial charge in [0.15, 0.2) is 0 Å². The number of aromatic nitrogens is 1. The quantitative estimate of drug-likeness (QED) is 0.797. The van der Waals surface area contributed by atoms with Crippen molar-refractivity contribution in [3.8, 4) is 0 Å². The van der Waals surface area contributed by atoms with Crippen molar-refractivity contribution in [2.24, 2.45) is 5.41 Å². The Morgan fingerprint density at radius 3 is 2.62 bits per heavy atom. The van der Waals surface area contributed by atoms with Gasteiger partial charge in [-0.3, -0.25) is 4.98 Å². The molecule has 3 nitrogen and oxygen atoms in total. The van der Waals surface area contributed by atoms with Gasteiger partial charge in [0.1, 0.15) is 0 Å². The molecule has 0 saturated heterocycles. The highest BCUT2D eigenvalue weighted by molar-refractivity contribution is 5.09. The van der Waals surface area contributed by atoms with Gasteiger partial charge in [-0.25, -0.2) is 0 Å². The third-order valence-electron chi connectivity index (χ3n) is 5.14. The highest BCUT2D eigenvalue weighted by Gasteiger charge is 2.36. The fraction of sp³-hybridized carbons (Fsp3) is 0.722. The molecule has 3 rings (SSSR count). The minimum absolute atomic E-state index is 0.537. The number of nitrogens with zero attached hydrogens (tertiary/aromatic N) is 2. The van der Waals surface area contributed by atoms with Crippen LogP contribution in [0.3, 0.4) is 0 Å². The molecule has 1 heterocycles. The molecule has 2 aliphatic carbocycles. The van der Waals surface area contributed by atoms with Crippen molar-refractivity contribution in [2.75, 3.05) is 26.7 Å². The Morgan fingerprint density at radius 1 is 1.24 bits per heavy atom. The summed E-state index contributed by atoms with van der Waals surface area (Å²) in [6.45, 7) is 3.63. The minimum Gasteiger partial charge on any atom is -0.313 e. The lowest BCUT2D eigenvalue weighted by Crippen LogP contribution is -2.42. The van der Waals surface area contributed by atoms with Crippen molar-refractivity contribution in [2.45, 2.75) is 51.0 Å². The molecule has 0 bridgehead atoms. The molecule has 1 aromatic rings. The van der Waals surface area contributed by atoms with Crippen molar-refractivity contribution in [1.82, 2.24) is 15.2 Å². The Labute approximate surface area is 129 Å². The van der Waals surface area contributed by atoms with Gasteiger partial charge in [-0.15, -0.1) is 0 Å². The van der Waals surface area contributed by atoms with Gasteiger partial charge in [0, 0.05) is 38.1 Å². The molecule has 0 unspecified atom stereocenters. The molecule has 0 aromatic carbocycles. The summed E-state index contributed by atoms with van der Waals surface area (Å²) in [7, 11) is 2.29. The topological polar surface area (TPSA) is 28.2 Å². The lowest BCUT2D eigenvalue weighted by Gasteiger charge is -2.34. The van der Waals surface area contributed by atoms with E-state index in [4.69, 9.17) is 0 Å². The van der Waals surface area contributed by atoms with Crippen molar-refractivity contribution in [1.29, 1.82) is 0 Å². The minimum atomic E-state index is 0.537. The lowest BCUT2D eigenvalue weighted by molar-refractivity contribution is 0.173. The van der Waals surface area contributed by atoms with Crippen molar-refractivity contribution in [3.63, 3.8) is 0 Å². The summed E-state index contributed by atoms with van der Waals surface area (Å²) in [4.78, 5) is 6.63. The SMILES string of the molecule is CN(CCc1ccncc1)CC1(CNC2CC2)CCCC1. The maximum atomic E-state index is 4.09. The third kappa shape index (κ3) is 4.52. The summed E-state index contributed by atoms with van der Waals surface area (Å²) in [5.41, 5.74) is 1.93. The van der Waals surface area contributed by atoms with Gasteiger partial charge in [0.25, 0.3) is 0 Å². The van der Waals surface area contributed by atoms with E-state index in [9.17, 15) is 0 Å². The zero-order valence-electron chi connectivity index (χ0n) is 13.4. The molecule has 2 aliphatic rings. The van der Waals surface area contributed by atoms with Crippen LogP contribution in [0.5, 0.6) is 0 Å². The van der Waals surface area contributed by atoms with Gasteiger partial charge in [-0.1, -0.05) is 12.8 Å². The highest BCUT2D eigenvalue weighted by atomic mass is 15.1. The van der Waals surface area contributed by atoms with Crippen LogP contribution < -0.4 is 5.32 Å². The fourth-order valence-electron chi connectivity index (χ4n) is 3.69. The molecule has 0 amide bonds. The highest BCUT2D eigenvalue weighted by Crippen LogP contribution is 2.39. The van der Waals surface area contributed by atoms with Gasteiger partial charge in [0.05, 0.1) is 0 Å². The van der Waals surface area contributed by atoms with Crippen LogP contribution in [0.15, 0.2) is 24.5 Å². The van der Waals surface area contributed by atoms with Crippen LogP contribution in [-0.4, -0.2) is 42.6 Å². The Balaban J connectivity index is 1.47. The van der Waals surface area contributed by atoms with E-state index in [-0.39, 0.29) is 0 Å². The second kappa shape index (κ2) is 6.89.